The van der Waals surface area contributed by atoms with Gasteiger partial charge in [-0.3, -0.25) is 9.67 Å². The van der Waals surface area contributed by atoms with E-state index in [1.807, 2.05) is 44.9 Å². The van der Waals surface area contributed by atoms with Gasteiger partial charge in [0.15, 0.2) is 0 Å². The van der Waals surface area contributed by atoms with Gasteiger partial charge in [-0.2, -0.15) is 5.10 Å². The maximum Gasteiger partial charge on any atom is 0.0679 e. The molecule has 3 nitrogen and oxygen atoms in total. The number of nitrogens with zero attached hydrogens (tertiary/aromatic N) is 3. The number of fused-ring (bicyclic) bond motifs is 1. The summed E-state index contributed by atoms with van der Waals surface area (Å²) in [6, 6.07) is 8.57. The van der Waals surface area contributed by atoms with Crippen LogP contribution in [0.25, 0.3) is 22.0 Å². The second-order valence-electron chi connectivity index (χ2n) is 4.67. The van der Waals surface area contributed by atoms with Gasteiger partial charge in [0.1, 0.15) is 0 Å². The zero-order valence-electron chi connectivity index (χ0n) is 12.8. The fourth-order valence-corrected chi connectivity index (χ4v) is 2.14. The van der Waals surface area contributed by atoms with Crippen LogP contribution >= 0.6 is 0 Å². The summed E-state index contributed by atoms with van der Waals surface area (Å²) in [6.45, 7) is 8.12. The van der Waals surface area contributed by atoms with Gasteiger partial charge in [-0.25, -0.2) is 0 Å². The van der Waals surface area contributed by atoms with Crippen LogP contribution in [0.4, 0.5) is 0 Å². The summed E-state index contributed by atoms with van der Waals surface area (Å²) in [5, 5.41) is 5.42. The van der Waals surface area contributed by atoms with Crippen molar-refractivity contribution in [3.63, 3.8) is 0 Å². The van der Waals surface area contributed by atoms with Crippen LogP contribution in [0.1, 0.15) is 25.1 Å². The molecule has 0 saturated carbocycles. The van der Waals surface area contributed by atoms with E-state index in [-0.39, 0.29) is 0 Å². The summed E-state index contributed by atoms with van der Waals surface area (Å²) >= 11 is 0. The minimum atomic E-state index is 1.08. The molecule has 3 rings (SSSR count). The minimum absolute atomic E-state index is 1.08. The highest BCUT2D eigenvalue weighted by atomic mass is 15.2. The first-order chi connectivity index (χ1) is 9.65. The zero-order chi connectivity index (χ0) is 14.7. The van der Waals surface area contributed by atoms with Crippen molar-refractivity contribution >= 4 is 10.9 Å². The number of hydrogen-bond donors (Lipinski definition) is 0. The Morgan fingerprint density at radius 3 is 2.40 bits per heavy atom. The second-order valence-corrected chi connectivity index (χ2v) is 4.67. The SMILES string of the molecule is CC.Cc1cc(-c2ccc3c(cnn3C)c2)cnc1C. The van der Waals surface area contributed by atoms with Crippen LogP contribution < -0.4 is 0 Å². The van der Waals surface area contributed by atoms with E-state index in [1.165, 1.54) is 11.1 Å². The molecule has 0 aliphatic heterocycles. The smallest absolute Gasteiger partial charge is 0.0679 e. The molecule has 1 aromatic carbocycles. The van der Waals surface area contributed by atoms with Crippen molar-refractivity contribution in [2.24, 2.45) is 7.05 Å². The highest BCUT2D eigenvalue weighted by Crippen LogP contribution is 2.24. The van der Waals surface area contributed by atoms with E-state index in [4.69, 9.17) is 0 Å². The van der Waals surface area contributed by atoms with Crippen molar-refractivity contribution in [1.29, 1.82) is 0 Å². The monoisotopic (exact) mass is 267 g/mol. The van der Waals surface area contributed by atoms with E-state index >= 15 is 0 Å². The average Bonchev–Trinajstić information content (AvgIpc) is 2.85. The molecular formula is C17H21N3. The predicted octanol–water partition coefficient (Wildman–Crippen LogP) is 4.28. The summed E-state index contributed by atoms with van der Waals surface area (Å²) in [6.07, 6.45) is 3.83. The molecule has 0 aliphatic rings. The quantitative estimate of drug-likeness (QED) is 0.659. The van der Waals surface area contributed by atoms with E-state index in [0.29, 0.717) is 0 Å². The molecule has 2 aromatic heterocycles. The molecule has 0 spiro atoms. The van der Waals surface area contributed by atoms with Crippen molar-refractivity contribution in [3.05, 3.63) is 47.9 Å². The van der Waals surface area contributed by atoms with E-state index < -0.39 is 0 Å². The molecule has 0 saturated heterocycles. The lowest BCUT2D eigenvalue weighted by molar-refractivity contribution is 0.797. The van der Waals surface area contributed by atoms with Crippen LogP contribution in [-0.4, -0.2) is 14.8 Å². The van der Waals surface area contributed by atoms with Gasteiger partial charge in [0.25, 0.3) is 0 Å². The Balaban J connectivity index is 0.000000704. The van der Waals surface area contributed by atoms with Crippen molar-refractivity contribution in [3.8, 4) is 11.1 Å². The van der Waals surface area contributed by atoms with E-state index in [1.54, 1.807) is 0 Å². The Labute approximate surface area is 120 Å². The van der Waals surface area contributed by atoms with Crippen molar-refractivity contribution in [1.82, 2.24) is 14.8 Å². The molecule has 20 heavy (non-hydrogen) atoms. The Morgan fingerprint density at radius 1 is 0.950 bits per heavy atom. The third-order valence-corrected chi connectivity index (χ3v) is 3.42. The number of aryl methyl sites for hydroxylation is 3. The number of aromatic nitrogens is 3. The number of benzene rings is 1. The normalized spacial score (nSPS) is 10.2. The highest BCUT2D eigenvalue weighted by molar-refractivity contribution is 5.84. The molecule has 0 radical (unpaired) electrons. The predicted molar refractivity (Wildman–Crippen MR) is 84.8 cm³/mol. The molecular weight excluding hydrogens is 246 g/mol. The third kappa shape index (κ3) is 2.57. The molecule has 3 heteroatoms. The van der Waals surface area contributed by atoms with Gasteiger partial charge in [-0.05, 0) is 43.2 Å². The lowest BCUT2D eigenvalue weighted by atomic mass is 10.0. The molecule has 0 aliphatic carbocycles. The number of rotatable bonds is 1. The highest BCUT2D eigenvalue weighted by Gasteiger charge is 2.04. The second kappa shape index (κ2) is 5.87. The maximum absolute atomic E-state index is 4.42. The van der Waals surface area contributed by atoms with Crippen molar-refractivity contribution in [2.45, 2.75) is 27.7 Å². The minimum Gasteiger partial charge on any atom is -0.268 e. The van der Waals surface area contributed by atoms with Crippen LogP contribution in [-0.2, 0) is 7.05 Å². The van der Waals surface area contributed by atoms with Gasteiger partial charge in [0, 0.05) is 29.9 Å². The molecule has 3 aromatic rings. The van der Waals surface area contributed by atoms with Crippen LogP contribution in [0.5, 0.6) is 0 Å². The Hall–Kier alpha value is -2.16. The van der Waals surface area contributed by atoms with Crippen LogP contribution in [0.3, 0.4) is 0 Å². The number of hydrogen-bond acceptors (Lipinski definition) is 2. The first kappa shape index (κ1) is 14.3. The van der Waals surface area contributed by atoms with Gasteiger partial charge in [-0.15, -0.1) is 0 Å². The topological polar surface area (TPSA) is 30.7 Å². The van der Waals surface area contributed by atoms with Gasteiger partial charge >= 0.3 is 0 Å². The van der Waals surface area contributed by atoms with Gasteiger partial charge in [0.05, 0.1) is 11.7 Å². The van der Waals surface area contributed by atoms with Crippen molar-refractivity contribution in [2.75, 3.05) is 0 Å². The van der Waals surface area contributed by atoms with E-state index in [0.717, 1.165) is 22.2 Å². The third-order valence-electron chi connectivity index (χ3n) is 3.42. The molecule has 2 heterocycles. The maximum atomic E-state index is 4.42. The fourth-order valence-electron chi connectivity index (χ4n) is 2.14. The van der Waals surface area contributed by atoms with Crippen LogP contribution in [0.2, 0.25) is 0 Å². The van der Waals surface area contributed by atoms with Crippen LogP contribution in [0, 0.1) is 13.8 Å². The van der Waals surface area contributed by atoms with Gasteiger partial charge < -0.3 is 0 Å². The number of pyridine rings is 1. The lowest BCUT2D eigenvalue weighted by Gasteiger charge is -2.05. The summed E-state index contributed by atoms with van der Waals surface area (Å²) in [5.74, 6) is 0. The molecule has 0 bridgehead atoms. The first-order valence-corrected chi connectivity index (χ1v) is 7.00. The molecule has 0 amide bonds. The van der Waals surface area contributed by atoms with E-state index in [2.05, 4.69) is 41.3 Å². The average molecular weight is 267 g/mol. The fraction of sp³-hybridized carbons (Fsp3) is 0.294. The van der Waals surface area contributed by atoms with Gasteiger partial charge in [-0.1, -0.05) is 19.9 Å². The summed E-state index contributed by atoms with van der Waals surface area (Å²) in [4.78, 5) is 4.42. The largest absolute Gasteiger partial charge is 0.268 e. The van der Waals surface area contributed by atoms with Crippen LogP contribution in [0.15, 0.2) is 36.7 Å². The molecule has 0 N–H and O–H groups in total. The molecule has 0 fully saturated rings. The Morgan fingerprint density at radius 2 is 1.70 bits per heavy atom. The first-order valence-electron chi connectivity index (χ1n) is 7.00. The Bertz CT molecular complexity index is 726. The summed E-state index contributed by atoms with van der Waals surface area (Å²) < 4.78 is 1.89. The molecule has 0 atom stereocenters. The van der Waals surface area contributed by atoms with Gasteiger partial charge in [0.2, 0.25) is 0 Å². The lowest BCUT2D eigenvalue weighted by Crippen LogP contribution is -1.89. The molecule has 0 unspecified atom stereocenters. The summed E-state index contributed by atoms with van der Waals surface area (Å²) in [7, 11) is 1.96. The van der Waals surface area contributed by atoms with E-state index in [9.17, 15) is 0 Å². The standard InChI is InChI=1S/C15H15N3.C2H6/c1-10-6-13(8-16-11(10)2)12-4-5-15-14(7-12)9-17-18(15)3;1-2/h4-9H,1-3H3;1-2H3. The zero-order valence-corrected chi connectivity index (χ0v) is 12.8. The Kier molecular flexibility index (Phi) is 4.18. The summed E-state index contributed by atoms with van der Waals surface area (Å²) in [5.41, 5.74) is 5.80. The van der Waals surface area contributed by atoms with Crippen molar-refractivity contribution < 1.29 is 0 Å². The molecule has 104 valence electrons.